The third-order valence-corrected chi connectivity index (χ3v) is 17.5. The lowest BCUT2D eigenvalue weighted by atomic mass is 9.94. The zero-order valence-corrected chi connectivity index (χ0v) is 40.8. The van der Waals surface area contributed by atoms with Crippen LogP contribution >= 0.6 is 34.9 Å². The van der Waals surface area contributed by atoms with E-state index in [1.54, 1.807) is 0 Å². The fourth-order valence-corrected chi connectivity index (χ4v) is 14.4. The van der Waals surface area contributed by atoms with Crippen LogP contribution in [0.2, 0.25) is 0 Å². The lowest BCUT2D eigenvalue weighted by molar-refractivity contribution is 0.669. The van der Waals surface area contributed by atoms with Crippen LogP contribution in [0.5, 0.6) is 0 Å². The topological polar surface area (TPSA) is 22.9 Å². The molecule has 2 aliphatic rings. The number of hydrogen-bond acceptors (Lipinski definition) is 7. The van der Waals surface area contributed by atoms with Crippen LogP contribution in [0.25, 0.3) is 64.0 Å². The van der Waals surface area contributed by atoms with Gasteiger partial charge in [0.05, 0.1) is 15.4 Å². The number of para-hydroxylation sites is 4. The summed E-state index contributed by atoms with van der Waals surface area (Å²) in [6.45, 7) is 0. The van der Waals surface area contributed by atoms with Crippen molar-refractivity contribution in [1.29, 1.82) is 0 Å². The van der Waals surface area contributed by atoms with Crippen LogP contribution in [0.1, 0.15) is 0 Å². The largest absolute Gasteiger partial charge is 0.456 e. The van der Waals surface area contributed by atoms with Crippen molar-refractivity contribution in [2.45, 2.75) is 10.5 Å². The molecule has 0 saturated carbocycles. The van der Waals surface area contributed by atoms with Gasteiger partial charge in [0, 0.05) is 82.6 Å². The first kappa shape index (κ1) is 42.0. The van der Waals surface area contributed by atoms with Crippen LogP contribution in [0, 0.1) is 0 Å². The average Bonchev–Trinajstić information content (AvgIpc) is 4.23. The highest BCUT2D eigenvalue weighted by molar-refractivity contribution is 8.08. The van der Waals surface area contributed by atoms with Gasteiger partial charge in [0.1, 0.15) is 11.2 Å². The van der Waals surface area contributed by atoms with E-state index in [4.69, 9.17) is 4.42 Å². The van der Waals surface area contributed by atoms with Crippen LogP contribution < -0.4 is 14.7 Å². The summed E-state index contributed by atoms with van der Waals surface area (Å²) in [4.78, 5) is 7.21. The van der Waals surface area contributed by atoms with Crippen molar-refractivity contribution in [2.24, 2.45) is 0 Å². The molecule has 338 valence electrons. The summed E-state index contributed by atoms with van der Waals surface area (Å²) < 4.78 is 9.68. The molecule has 2 aliphatic heterocycles. The Labute approximate surface area is 424 Å². The molecule has 2 atom stereocenters. The van der Waals surface area contributed by atoms with Crippen LogP contribution in [0.15, 0.2) is 258 Å². The SMILES string of the molecule is C1=CC2SC(N(c3ccccc3)c3cc(-c4cc5oc6cc(N(c7ccccc7)c7cccc8c7sc7ccccc78)ccc6c5c5ccccc45)cc(N(c4ccccc4)c4ccccc4)c3)=CC2S1. The zero-order valence-electron chi connectivity index (χ0n) is 38.3. The Morgan fingerprint density at radius 3 is 1.68 bits per heavy atom. The molecule has 0 aliphatic carbocycles. The molecule has 2 unspecified atom stereocenters. The highest BCUT2D eigenvalue weighted by atomic mass is 32.2. The van der Waals surface area contributed by atoms with E-state index in [2.05, 4.69) is 263 Å². The van der Waals surface area contributed by atoms with E-state index in [9.17, 15) is 0 Å². The minimum Gasteiger partial charge on any atom is -0.456 e. The molecule has 7 heteroatoms. The first-order valence-corrected chi connectivity index (χ1v) is 26.6. The Balaban J connectivity index is 0.981. The number of hydrogen-bond donors (Lipinski definition) is 0. The summed E-state index contributed by atoms with van der Waals surface area (Å²) in [6, 6.07) is 83.3. The van der Waals surface area contributed by atoms with E-state index < -0.39 is 0 Å². The second kappa shape index (κ2) is 17.5. The Bertz CT molecular complexity index is 4000. The predicted molar refractivity (Wildman–Crippen MR) is 307 cm³/mol. The molecule has 0 fully saturated rings. The van der Waals surface area contributed by atoms with Crippen molar-refractivity contribution in [3.8, 4) is 11.1 Å². The number of fused-ring (bicyclic) bond motifs is 9. The molecule has 4 heterocycles. The van der Waals surface area contributed by atoms with Gasteiger partial charge in [-0.25, -0.2) is 0 Å². The number of benzene rings is 10. The minimum absolute atomic E-state index is 0.401. The third kappa shape index (κ3) is 7.30. The molecule has 14 rings (SSSR count). The highest BCUT2D eigenvalue weighted by Crippen LogP contribution is 2.52. The fraction of sp³-hybridized carbons (Fsp3) is 0.0312. The molecule has 0 radical (unpaired) electrons. The van der Waals surface area contributed by atoms with Gasteiger partial charge in [-0.2, -0.15) is 0 Å². The van der Waals surface area contributed by atoms with Gasteiger partial charge in [0.2, 0.25) is 0 Å². The van der Waals surface area contributed by atoms with Crippen LogP contribution in [0.3, 0.4) is 0 Å². The van der Waals surface area contributed by atoms with E-state index in [1.807, 2.05) is 34.9 Å². The Hall–Kier alpha value is -7.94. The average molecular weight is 966 g/mol. The molecule has 10 aromatic carbocycles. The monoisotopic (exact) mass is 965 g/mol. The van der Waals surface area contributed by atoms with Gasteiger partial charge in [-0.05, 0) is 130 Å². The van der Waals surface area contributed by atoms with Gasteiger partial charge in [-0.15, -0.1) is 23.1 Å². The third-order valence-electron chi connectivity index (χ3n) is 13.7. The van der Waals surface area contributed by atoms with Gasteiger partial charge in [0.15, 0.2) is 0 Å². The van der Waals surface area contributed by atoms with E-state index in [-0.39, 0.29) is 0 Å². The number of thiophene rings is 1. The van der Waals surface area contributed by atoms with Crippen LogP contribution in [0.4, 0.5) is 45.5 Å². The first-order valence-electron chi connectivity index (χ1n) is 24.0. The molecule has 12 aromatic rings. The summed E-state index contributed by atoms with van der Waals surface area (Å²) in [5.74, 6) is 0. The first-order chi connectivity index (χ1) is 35.2. The number of furan rings is 1. The van der Waals surface area contributed by atoms with Gasteiger partial charge >= 0.3 is 0 Å². The van der Waals surface area contributed by atoms with Crippen molar-refractivity contribution in [3.05, 3.63) is 253 Å². The molecular formula is C64H43N3OS3. The van der Waals surface area contributed by atoms with Gasteiger partial charge in [0.25, 0.3) is 0 Å². The molecule has 2 aromatic heterocycles. The number of anilines is 8. The summed E-state index contributed by atoms with van der Waals surface area (Å²) >= 11 is 5.70. The summed E-state index contributed by atoms with van der Waals surface area (Å²) in [5, 5.41) is 11.4. The zero-order chi connectivity index (χ0) is 46.8. The molecule has 71 heavy (non-hydrogen) atoms. The molecule has 4 nitrogen and oxygen atoms in total. The van der Waals surface area contributed by atoms with Crippen molar-refractivity contribution < 1.29 is 4.42 Å². The normalized spacial score (nSPS) is 15.2. The molecule has 0 N–H and O–H groups in total. The second-order valence-electron chi connectivity index (χ2n) is 18.0. The predicted octanol–water partition coefficient (Wildman–Crippen LogP) is 19.4. The standard InChI is InChI=1S/C64H43N3OS3/c1-5-18-43(19-6-1)65(44-20-7-2-8-21-44)48-36-42(37-49(38-48)67(46-24-11-4-12-25-46)62-41-61-60(70-62)34-35-69-61)55-40-58-63(52-28-14-13-26-50(52)55)54-33-32-47(39-57(54)68-58)66(45-22-9-3-10-23-45)56-30-17-29-53-51-27-15-16-31-59(51)71-64(53)56/h1-41,60-61H. The Morgan fingerprint density at radius 1 is 0.394 bits per heavy atom. The van der Waals surface area contributed by atoms with E-state index >= 15 is 0 Å². The van der Waals surface area contributed by atoms with Crippen molar-refractivity contribution in [1.82, 2.24) is 0 Å². The highest BCUT2D eigenvalue weighted by Gasteiger charge is 2.34. The van der Waals surface area contributed by atoms with E-state index in [0.29, 0.717) is 10.5 Å². The Morgan fingerprint density at radius 2 is 0.986 bits per heavy atom. The molecule has 0 spiro atoms. The van der Waals surface area contributed by atoms with Gasteiger partial charge in [-0.3, -0.25) is 0 Å². The van der Waals surface area contributed by atoms with Crippen LogP contribution in [-0.2, 0) is 0 Å². The number of rotatable bonds is 10. The van der Waals surface area contributed by atoms with Gasteiger partial charge < -0.3 is 19.1 Å². The quantitative estimate of drug-likeness (QED) is 0.135. The molecule has 0 saturated heterocycles. The molecule has 0 bridgehead atoms. The van der Waals surface area contributed by atoms with Gasteiger partial charge in [-0.1, -0.05) is 145 Å². The minimum atomic E-state index is 0.401. The van der Waals surface area contributed by atoms with E-state index in [1.165, 1.54) is 30.6 Å². The maximum absolute atomic E-state index is 7.14. The lowest BCUT2D eigenvalue weighted by Crippen LogP contribution is -2.16. The van der Waals surface area contributed by atoms with E-state index in [0.717, 1.165) is 84.0 Å². The summed E-state index contributed by atoms with van der Waals surface area (Å²) in [7, 11) is 0. The van der Waals surface area contributed by atoms with Crippen molar-refractivity contribution in [2.75, 3.05) is 14.7 Å². The molecular weight excluding hydrogens is 923 g/mol. The maximum Gasteiger partial charge on any atom is 0.137 e. The van der Waals surface area contributed by atoms with Crippen LogP contribution in [-0.4, -0.2) is 10.5 Å². The van der Waals surface area contributed by atoms with Crippen molar-refractivity contribution >= 4 is 133 Å². The smallest absolute Gasteiger partial charge is 0.137 e. The lowest BCUT2D eigenvalue weighted by Gasteiger charge is -2.30. The molecule has 0 amide bonds. The number of nitrogens with zero attached hydrogens (tertiary/aromatic N) is 3. The summed E-state index contributed by atoms with van der Waals surface area (Å²) in [6.07, 6.45) is 4.81. The number of thioether (sulfide) groups is 2. The Kier molecular flexibility index (Phi) is 10.3. The summed E-state index contributed by atoms with van der Waals surface area (Å²) in [5.41, 5.74) is 12.6. The maximum atomic E-state index is 7.14. The van der Waals surface area contributed by atoms with Crippen molar-refractivity contribution in [3.63, 3.8) is 0 Å². The second-order valence-corrected chi connectivity index (χ2v) is 21.3. The fourth-order valence-electron chi connectivity index (χ4n) is 10.6.